The summed E-state index contributed by atoms with van der Waals surface area (Å²) in [5.41, 5.74) is 5.07. The summed E-state index contributed by atoms with van der Waals surface area (Å²) in [7, 11) is 3.70. The Morgan fingerprint density at radius 3 is 2.73 bits per heavy atom. The number of aliphatic imine (C=N–C) groups is 1. The van der Waals surface area contributed by atoms with Gasteiger partial charge in [-0.15, -0.1) is 0 Å². The predicted molar refractivity (Wildman–Crippen MR) is 177 cm³/mol. The number of unbranched alkanes of at least 4 members (excludes halogenated alkanes) is 2. The summed E-state index contributed by atoms with van der Waals surface area (Å²) in [5.74, 6) is 0.336. The first-order valence-electron chi connectivity index (χ1n) is 17.6. The number of carbonyl (C=O) groups is 1. The van der Waals surface area contributed by atoms with Crippen molar-refractivity contribution in [2.75, 3.05) is 46.9 Å². The number of hydrogen-bond acceptors (Lipinski definition) is 7. The minimum absolute atomic E-state index is 0.00423. The highest BCUT2D eigenvalue weighted by Crippen LogP contribution is 2.77. The zero-order valence-electron chi connectivity index (χ0n) is 28.1. The first-order chi connectivity index (χ1) is 21.6. The van der Waals surface area contributed by atoms with Crippen molar-refractivity contribution in [2.45, 2.75) is 102 Å². The third-order valence-electron chi connectivity index (χ3n) is 12.7. The molecular weight excluding hydrogens is 570 g/mol. The minimum atomic E-state index is -1.58. The number of carboxylic acids is 1. The second-order valence-electron chi connectivity index (χ2n) is 14.7. The van der Waals surface area contributed by atoms with Crippen molar-refractivity contribution in [1.29, 1.82) is 0 Å². The van der Waals surface area contributed by atoms with E-state index in [1.54, 1.807) is 7.05 Å². The maximum atomic E-state index is 13.2. The van der Waals surface area contributed by atoms with E-state index in [9.17, 15) is 20.1 Å². The molecule has 2 spiro atoms. The van der Waals surface area contributed by atoms with Crippen molar-refractivity contribution >= 4 is 11.9 Å². The highest BCUT2D eigenvalue weighted by molar-refractivity contribution is 5.92. The largest absolute Gasteiger partial charge is 0.478 e. The summed E-state index contributed by atoms with van der Waals surface area (Å²) in [4.78, 5) is 19.6. The molecule has 4 aliphatic carbocycles. The van der Waals surface area contributed by atoms with Gasteiger partial charge in [0.2, 0.25) is 0 Å². The molecule has 45 heavy (non-hydrogen) atoms. The number of rotatable bonds is 13. The summed E-state index contributed by atoms with van der Waals surface area (Å²) < 4.78 is 6.73. The van der Waals surface area contributed by atoms with Gasteiger partial charge in [-0.2, -0.15) is 0 Å². The standard InChI is InChI=1S/C35H59N5O5/c1-5-6-7-8-24-10-12-27(37-3)18-29(24)45-22-33(44)20-34-23(2)9-11-25(17-28(34)30(33)31(42)43)35(34)21-40(32(36)38-4)15-13-26(35)19-39-14-16-41/h13,15,23-27,29,37,39,41,44H,5-12,14,16-22H2,1-4H3,(H2,36,38)(H,42,43). The normalized spacial score (nSPS) is 39.6. The van der Waals surface area contributed by atoms with Crippen LogP contribution in [-0.4, -0.2) is 96.8 Å². The van der Waals surface area contributed by atoms with Gasteiger partial charge in [0.15, 0.2) is 5.96 Å². The quantitative estimate of drug-likeness (QED) is 0.102. The van der Waals surface area contributed by atoms with Crippen molar-refractivity contribution in [1.82, 2.24) is 15.5 Å². The van der Waals surface area contributed by atoms with Gasteiger partial charge in [0, 0.05) is 49.8 Å². The van der Waals surface area contributed by atoms with Gasteiger partial charge in [-0.3, -0.25) is 4.99 Å². The van der Waals surface area contributed by atoms with Gasteiger partial charge < -0.3 is 41.3 Å². The summed E-state index contributed by atoms with van der Waals surface area (Å²) in [5, 5.41) is 39.9. The van der Waals surface area contributed by atoms with E-state index in [0.717, 1.165) is 44.1 Å². The minimum Gasteiger partial charge on any atom is -0.478 e. The summed E-state index contributed by atoms with van der Waals surface area (Å²) >= 11 is 0. The number of nitrogens with two attached hydrogens (primary N) is 1. The number of aliphatic carboxylic acids is 1. The fraction of sp³-hybridized carbons (Fsp3) is 0.829. The van der Waals surface area contributed by atoms with Crippen LogP contribution in [0.1, 0.15) is 84.5 Å². The number of nitrogens with one attached hydrogen (secondary N) is 2. The zero-order chi connectivity index (χ0) is 32.4. The molecular formula is C35H59N5O5. The molecule has 0 radical (unpaired) electrons. The van der Waals surface area contributed by atoms with Crippen LogP contribution in [0.4, 0.5) is 0 Å². The van der Waals surface area contributed by atoms with Gasteiger partial charge in [0.25, 0.3) is 0 Å². The van der Waals surface area contributed by atoms with Gasteiger partial charge in [-0.25, -0.2) is 4.79 Å². The number of ether oxygens (including phenoxy) is 1. The lowest BCUT2D eigenvalue weighted by atomic mass is 9.46. The third-order valence-corrected chi connectivity index (χ3v) is 12.7. The molecule has 3 fully saturated rings. The first kappa shape index (κ1) is 34.4. The molecule has 5 aliphatic rings. The first-order valence-corrected chi connectivity index (χ1v) is 17.6. The molecule has 10 heteroatoms. The summed E-state index contributed by atoms with van der Waals surface area (Å²) in [6.07, 6.45) is 15.0. The molecule has 5 rings (SSSR count). The van der Waals surface area contributed by atoms with E-state index in [4.69, 9.17) is 10.5 Å². The summed E-state index contributed by atoms with van der Waals surface area (Å²) in [6.45, 7) is 6.31. The van der Waals surface area contributed by atoms with Crippen molar-refractivity contribution in [2.24, 2.45) is 45.2 Å². The van der Waals surface area contributed by atoms with E-state index < -0.39 is 17.0 Å². The van der Waals surface area contributed by atoms with Crippen molar-refractivity contribution in [3.63, 3.8) is 0 Å². The van der Waals surface area contributed by atoms with E-state index in [1.807, 2.05) is 18.1 Å². The highest BCUT2D eigenvalue weighted by atomic mass is 16.5. The van der Waals surface area contributed by atoms with Crippen LogP contribution in [0.25, 0.3) is 0 Å². The van der Waals surface area contributed by atoms with E-state index in [2.05, 4.69) is 35.5 Å². The number of aliphatic hydroxyl groups excluding tert-OH is 1. The van der Waals surface area contributed by atoms with Crippen LogP contribution >= 0.6 is 0 Å². The Balaban J connectivity index is 1.52. The topological polar surface area (TPSA) is 153 Å². The molecule has 0 amide bonds. The molecule has 0 aromatic heterocycles. The number of guanidine groups is 1. The van der Waals surface area contributed by atoms with E-state index >= 15 is 0 Å². The molecule has 0 saturated heterocycles. The van der Waals surface area contributed by atoms with Gasteiger partial charge >= 0.3 is 5.97 Å². The second-order valence-corrected chi connectivity index (χ2v) is 14.7. The molecule has 0 aromatic carbocycles. The lowest BCUT2D eigenvalue weighted by Crippen LogP contribution is -2.62. The maximum Gasteiger partial charge on any atom is 0.334 e. The van der Waals surface area contributed by atoms with E-state index in [-0.39, 0.29) is 48.1 Å². The van der Waals surface area contributed by atoms with Gasteiger partial charge in [-0.05, 0) is 87.7 Å². The Morgan fingerprint density at radius 2 is 2.04 bits per heavy atom. The average Bonchev–Trinajstić information content (AvgIpc) is 3.38. The second kappa shape index (κ2) is 14.0. The lowest BCUT2D eigenvalue weighted by Gasteiger charge is -2.61. The van der Waals surface area contributed by atoms with Crippen LogP contribution in [0, 0.1) is 34.5 Å². The average molecular weight is 630 g/mol. The van der Waals surface area contributed by atoms with E-state index in [1.165, 1.54) is 19.3 Å². The number of allylic oxidation sites excluding steroid dienone is 1. The Hall–Kier alpha value is -1.98. The molecule has 10 nitrogen and oxygen atoms in total. The Kier molecular flexibility index (Phi) is 10.7. The number of aliphatic hydroxyl groups is 2. The van der Waals surface area contributed by atoms with Crippen LogP contribution in [0.2, 0.25) is 0 Å². The number of carboxylic acid groups (broad SMARTS) is 1. The number of hydrogen-bond donors (Lipinski definition) is 6. The van der Waals surface area contributed by atoms with Crippen LogP contribution in [0.15, 0.2) is 28.4 Å². The molecule has 9 unspecified atom stereocenters. The number of nitrogens with zero attached hydrogens (tertiary/aromatic N) is 2. The van der Waals surface area contributed by atoms with Crippen LogP contribution in [0.5, 0.6) is 0 Å². The van der Waals surface area contributed by atoms with Crippen LogP contribution < -0.4 is 16.4 Å². The lowest BCUT2D eigenvalue weighted by molar-refractivity contribution is -0.145. The van der Waals surface area contributed by atoms with Gasteiger partial charge in [0.1, 0.15) is 5.60 Å². The maximum absolute atomic E-state index is 13.2. The van der Waals surface area contributed by atoms with E-state index in [0.29, 0.717) is 50.4 Å². The van der Waals surface area contributed by atoms with Gasteiger partial charge in [0.05, 0.1) is 24.9 Å². The molecule has 3 saturated carbocycles. The Bertz CT molecular complexity index is 1160. The third kappa shape index (κ3) is 5.88. The van der Waals surface area contributed by atoms with Crippen molar-refractivity contribution in [3.05, 3.63) is 23.4 Å². The van der Waals surface area contributed by atoms with Crippen LogP contribution in [0.3, 0.4) is 0 Å². The van der Waals surface area contributed by atoms with Crippen LogP contribution in [-0.2, 0) is 9.53 Å². The fourth-order valence-corrected chi connectivity index (χ4v) is 10.6. The molecule has 7 N–H and O–H groups in total. The smallest absolute Gasteiger partial charge is 0.334 e. The van der Waals surface area contributed by atoms with Gasteiger partial charge in [-0.1, -0.05) is 39.2 Å². The van der Waals surface area contributed by atoms with Crippen molar-refractivity contribution in [3.8, 4) is 0 Å². The SMILES string of the molecule is CCCCCC1CCC(NC)CC1OCC1(O)CC23C(=C1C(=O)O)CC(CCC2C)C31CN(C(N)=NC)C=CC1CNCCO. The zero-order valence-corrected chi connectivity index (χ0v) is 28.1. The van der Waals surface area contributed by atoms with Crippen molar-refractivity contribution < 1.29 is 24.9 Å². The molecule has 1 heterocycles. The molecule has 2 bridgehead atoms. The monoisotopic (exact) mass is 629 g/mol. The predicted octanol–water partition coefficient (Wildman–Crippen LogP) is 3.25. The highest BCUT2D eigenvalue weighted by Gasteiger charge is 2.75. The summed E-state index contributed by atoms with van der Waals surface area (Å²) in [6, 6.07) is 0.367. The molecule has 254 valence electrons. The molecule has 0 aromatic rings. The Morgan fingerprint density at radius 1 is 1.24 bits per heavy atom. The molecule has 1 aliphatic heterocycles. The molecule has 9 atom stereocenters. The Labute approximate surface area is 269 Å². The fourth-order valence-electron chi connectivity index (χ4n) is 10.6.